The molecule has 1 aromatic carbocycles. The molecular weight excluding hydrogens is 400 g/mol. The van der Waals surface area contributed by atoms with E-state index in [9.17, 15) is 0 Å². The van der Waals surface area contributed by atoms with E-state index in [1.54, 1.807) is 0 Å². The van der Waals surface area contributed by atoms with Gasteiger partial charge in [0.15, 0.2) is 18.4 Å². The summed E-state index contributed by atoms with van der Waals surface area (Å²) in [6.07, 6.45) is 30.3. The van der Waals surface area contributed by atoms with Crippen molar-refractivity contribution in [1.29, 1.82) is 0 Å². The van der Waals surface area contributed by atoms with E-state index in [0.717, 1.165) is 0 Å². The highest BCUT2D eigenvalue weighted by Gasteiger charge is 2.17. The molecule has 2 nitrogen and oxygen atoms in total. The Kier molecular flexibility index (Phi) is 11.6. The molecular formula is C31H47N2+. The van der Waals surface area contributed by atoms with Gasteiger partial charge in [0.1, 0.15) is 0 Å². The molecule has 2 aromatic rings. The van der Waals surface area contributed by atoms with Gasteiger partial charge in [0.25, 0.3) is 0 Å². The van der Waals surface area contributed by atoms with Gasteiger partial charge in [-0.05, 0) is 36.1 Å². The number of benzene rings is 1. The first-order chi connectivity index (χ1) is 16.2. The summed E-state index contributed by atoms with van der Waals surface area (Å²) in [4.78, 5) is 2.14. The van der Waals surface area contributed by atoms with E-state index in [4.69, 9.17) is 0 Å². The van der Waals surface area contributed by atoms with E-state index in [2.05, 4.69) is 84.5 Å². The van der Waals surface area contributed by atoms with Gasteiger partial charge in [-0.1, -0.05) is 94.9 Å². The molecule has 1 aliphatic carbocycles. The van der Waals surface area contributed by atoms with Crippen molar-refractivity contribution in [3.63, 3.8) is 0 Å². The van der Waals surface area contributed by atoms with Crippen LogP contribution < -0.4 is 9.47 Å². The predicted molar refractivity (Wildman–Crippen MR) is 145 cm³/mol. The minimum Gasteiger partial charge on any atom is -0.378 e. The summed E-state index contributed by atoms with van der Waals surface area (Å²) in [5.74, 6) is 0. The van der Waals surface area contributed by atoms with Crippen LogP contribution in [0.3, 0.4) is 0 Å². The third-order valence-electron chi connectivity index (χ3n) is 7.25. The molecule has 0 atom stereocenters. The fourth-order valence-corrected chi connectivity index (χ4v) is 5.03. The molecule has 0 unspecified atom stereocenters. The maximum atomic E-state index is 2.49. The Labute approximate surface area is 203 Å². The summed E-state index contributed by atoms with van der Waals surface area (Å²) in [5, 5.41) is 0. The van der Waals surface area contributed by atoms with Crippen LogP contribution in [0.25, 0.3) is 12.2 Å². The average molecular weight is 448 g/mol. The Bertz CT molecular complexity index is 773. The molecule has 0 bridgehead atoms. The lowest BCUT2D eigenvalue weighted by Crippen LogP contribution is -2.38. The van der Waals surface area contributed by atoms with E-state index in [-0.39, 0.29) is 0 Å². The molecule has 0 aliphatic heterocycles. The SMILES string of the molecule is CN(C)c1ccc(/C=C/c2cc[n+](C3CCCCCCCCCCCCCCC3)cc2)cc1. The van der Waals surface area contributed by atoms with E-state index in [1.807, 2.05) is 0 Å². The summed E-state index contributed by atoms with van der Waals surface area (Å²) < 4.78 is 2.49. The fourth-order valence-electron chi connectivity index (χ4n) is 5.03. The standard InChI is InChI=1S/C31H47N2/c1-32(2)30-22-20-28(21-23-30)18-19-29-24-26-33(27-25-29)31-16-14-12-10-8-6-4-3-5-7-9-11-13-15-17-31/h18-27,31H,3-17H2,1-2H3/q+1. The summed E-state index contributed by atoms with van der Waals surface area (Å²) >= 11 is 0. The van der Waals surface area contributed by atoms with Crippen LogP contribution in [-0.2, 0) is 0 Å². The Hall–Kier alpha value is -2.09. The number of aromatic nitrogens is 1. The lowest BCUT2D eigenvalue weighted by atomic mass is 9.98. The van der Waals surface area contributed by atoms with E-state index in [1.165, 1.54) is 113 Å². The zero-order chi connectivity index (χ0) is 23.1. The van der Waals surface area contributed by atoms with Crippen LogP contribution in [0.1, 0.15) is 113 Å². The first-order valence-corrected chi connectivity index (χ1v) is 13.7. The highest BCUT2D eigenvalue weighted by atomic mass is 15.1. The van der Waals surface area contributed by atoms with Gasteiger partial charge in [-0.3, -0.25) is 0 Å². The smallest absolute Gasteiger partial charge is 0.169 e. The minimum absolute atomic E-state index is 0.662. The summed E-state index contributed by atoms with van der Waals surface area (Å²) in [6.45, 7) is 0. The zero-order valence-corrected chi connectivity index (χ0v) is 21.4. The van der Waals surface area contributed by atoms with Crippen molar-refractivity contribution in [3.8, 4) is 0 Å². The predicted octanol–water partition coefficient (Wildman–Crippen LogP) is 8.62. The molecule has 1 saturated carbocycles. The Morgan fingerprint density at radius 3 is 1.39 bits per heavy atom. The van der Waals surface area contributed by atoms with Gasteiger partial charge in [-0.25, -0.2) is 4.57 Å². The van der Waals surface area contributed by atoms with Crippen molar-refractivity contribution in [1.82, 2.24) is 0 Å². The second kappa shape index (κ2) is 14.9. The van der Waals surface area contributed by atoms with Gasteiger partial charge < -0.3 is 4.90 Å². The molecule has 1 heterocycles. The van der Waals surface area contributed by atoms with Gasteiger partial charge in [-0.2, -0.15) is 0 Å². The van der Waals surface area contributed by atoms with Gasteiger partial charge >= 0.3 is 0 Å². The van der Waals surface area contributed by atoms with Crippen LogP contribution in [0.4, 0.5) is 5.69 Å². The van der Waals surface area contributed by atoms with E-state index >= 15 is 0 Å². The summed E-state index contributed by atoms with van der Waals surface area (Å²) in [7, 11) is 4.16. The van der Waals surface area contributed by atoms with Crippen molar-refractivity contribution < 1.29 is 4.57 Å². The second-order valence-electron chi connectivity index (χ2n) is 10.2. The number of hydrogen-bond acceptors (Lipinski definition) is 1. The van der Waals surface area contributed by atoms with Crippen molar-refractivity contribution in [2.75, 3.05) is 19.0 Å². The molecule has 33 heavy (non-hydrogen) atoms. The van der Waals surface area contributed by atoms with Crippen LogP contribution in [0, 0.1) is 0 Å². The molecule has 0 saturated heterocycles. The molecule has 2 heteroatoms. The molecule has 1 aromatic heterocycles. The first-order valence-electron chi connectivity index (χ1n) is 13.7. The Balaban J connectivity index is 1.55. The number of pyridine rings is 1. The number of nitrogens with zero attached hydrogens (tertiary/aromatic N) is 2. The lowest BCUT2D eigenvalue weighted by Gasteiger charge is -2.13. The first kappa shape index (κ1) is 25.5. The molecule has 0 amide bonds. The van der Waals surface area contributed by atoms with Gasteiger partial charge in [-0.15, -0.1) is 0 Å². The van der Waals surface area contributed by atoms with Crippen molar-refractivity contribution in [2.45, 2.75) is 102 Å². The summed E-state index contributed by atoms with van der Waals surface area (Å²) in [6, 6.07) is 14.0. The van der Waals surface area contributed by atoms with E-state index < -0.39 is 0 Å². The van der Waals surface area contributed by atoms with Crippen LogP contribution in [0.5, 0.6) is 0 Å². The molecule has 0 N–H and O–H groups in total. The largest absolute Gasteiger partial charge is 0.378 e. The minimum atomic E-state index is 0.662. The van der Waals surface area contributed by atoms with Crippen molar-refractivity contribution in [2.24, 2.45) is 0 Å². The Morgan fingerprint density at radius 1 is 0.576 bits per heavy atom. The van der Waals surface area contributed by atoms with Crippen LogP contribution in [0.2, 0.25) is 0 Å². The number of anilines is 1. The third-order valence-corrected chi connectivity index (χ3v) is 7.25. The molecule has 1 aliphatic rings. The molecule has 1 fully saturated rings. The monoisotopic (exact) mass is 447 g/mol. The quantitative estimate of drug-likeness (QED) is 0.425. The van der Waals surface area contributed by atoms with Crippen molar-refractivity contribution >= 4 is 17.8 Å². The molecule has 0 radical (unpaired) electrons. The van der Waals surface area contributed by atoms with Crippen LogP contribution in [-0.4, -0.2) is 14.1 Å². The maximum absolute atomic E-state index is 2.49. The third kappa shape index (κ3) is 9.74. The molecule has 180 valence electrons. The molecule has 3 rings (SSSR count). The highest BCUT2D eigenvalue weighted by molar-refractivity contribution is 5.70. The van der Waals surface area contributed by atoms with E-state index in [0.29, 0.717) is 6.04 Å². The zero-order valence-electron chi connectivity index (χ0n) is 21.4. The fraction of sp³-hybridized carbons (Fsp3) is 0.581. The van der Waals surface area contributed by atoms with Gasteiger partial charge in [0, 0.05) is 44.8 Å². The number of rotatable bonds is 4. The normalized spacial score (nSPS) is 18.4. The van der Waals surface area contributed by atoms with Crippen LogP contribution in [0.15, 0.2) is 48.8 Å². The Morgan fingerprint density at radius 2 is 0.970 bits per heavy atom. The summed E-state index contributed by atoms with van der Waals surface area (Å²) in [5.41, 5.74) is 3.76. The molecule has 0 spiro atoms. The topological polar surface area (TPSA) is 7.12 Å². The lowest BCUT2D eigenvalue weighted by molar-refractivity contribution is -0.724. The number of hydrogen-bond donors (Lipinski definition) is 0. The second-order valence-corrected chi connectivity index (χ2v) is 10.2. The van der Waals surface area contributed by atoms with Crippen molar-refractivity contribution in [3.05, 3.63) is 59.9 Å². The van der Waals surface area contributed by atoms with Gasteiger partial charge in [0.05, 0.1) is 0 Å². The average Bonchev–Trinajstić information content (AvgIpc) is 2.83. The van der Waals surface area contributed by atoms with Gasteiger partial charge in [0.2, 0.25) is 0 Å². The highest BCUT2D eigenvalue weighted by Crippen LogP contribution is 2.21. The van der Waals surface area contributed by atoms with Crippen LogP contribution >= 0.6 is 0 Å². The maximum Gasteiger partial charge on any atom is 0.169 e.